The Bertz CT molecular complexity index is 576. The van der Waals surface area contributed by atoms with Crippen LogP contribution in [0.15, 0.2) is 36.7 Å². The van der Waals surface area contributed by atoms with Gasteiger partial charge in [0.1, 0.15) is 0 Å². The number of aryl methyl sites for hydroxylation is 2. The summed E-state index contributed by atoms with van der Waals surface area (Å²) in [5.41, 5.74) is 10.2. The summed E-state index contributed by atoms with van der Waals surface area (Å²) in [5, 5.41) is 4.24. The highest BCUT2D eigenvalue weighted by Gasteiger charge is 2.24. The van der Waals surface area contributed by atoms with Crippen molar-refractivity contribution >= 4 is 0 Å². The number of likely N-dealkylation sites (N-methyl/N-ethyl adjacent to an activating group) is 1. The molecule has 2 N–H and O–H groups in total. The Kier molecular flexibility index (Phi) is 5.15. The molecule has 0 amide bonds. The highest BCUT2D eigenvalue weighted by molar-refractivity contribution is 5.30. The third-order valence-electron chi connectivity index (χ3n) is 4.05. The number of nitrogens with two attached hydrogens (primary N) is 1. The molecular formula is C17H26N4. The summed E-state index contributed by atoms with van der Waals surface area (Å²) in [5.74, 6) is 0. The van der Waals surface area contributed by atoms with E-state index in [-0.39, 0.29) is 12.1 Å². The molecule has 2 aromatic rings. The zero-order chi connectivity index (χ0) is 15.4. The SMILES string of the molecule is CCC(N)C(c1ccccc1C)N(C)Cc1cnn(C)c1. The van der Waals surface area contributed by atoms with Crippen molar-refractivity contribution < 1.29 is 0 Å². The molecule has 0 aliphatic rings. The van der Waals surface area contributed by atoms with Crippen molar-refractivity contribution in [2.75, 3.05) is 7.05 Å². The summed E-state index contributed by atoms with van der Waals surface area (Å²) in [6.45, 7) is 5.15. The van der Waals surface area contributed by atoms with Crippen LogP contribution < -0.4 is 5.73 Å². The summed E-state index contributed by atoms with van der Waals surface area (Å²) in [4.78, 5) is 2.33. The molecule has 0 aliphatic carbocycles. The van der Waals surface area contributed by atoms with Crippen LogP contribution in [0.25, 0.3) is 0 Å². The Labute approximate surface area is 127 Å². The maximum Gasteiger partial charge on any atom is 0.0534 e. The van der Waals surface area contributed by atoms with E-state index in [0.29, 0.717) is 0 Å². The Hall–Kier alpha value is -1.65. The fraction of sp³-hybridized carbons (Fsp3) is 0.471. The topological polar surface area (TPSA) is 47.1 Å². The molecular weight excluding hydrogens is 260 g/mol. The lowest BCUT2D eigenvalue weighted by molar-refractivity contribution is 0.201. The van der Waals surface area contributed by atoms with Crippen molar-refractivity contribution in [2.24, 2.45) is 12.8 Å². The second-order valence-corrected chi connectivity index (χ2v) is 5.81. The van der Waals surface area contributed by atoms with Crippen LogP contribution in [0.5, 0.6) is 0 Å². The van der Waals surface area contributed by atoms with Crippen molar-refractivity contribution in [2.45, 2.75) is 38.9 Å². The monoisotopic (exact) mass is 286 g/mol. The maximum absolute atomic E-state index is 6.42. The number of aromatic nitrogens is 2. The first-order valence-corrected chi connectivity index (χ1v) is 7.51. The van der Waals surface area contributed by atoms with E-state index in [9.17, 15) is 0 Å². The fourth-order valence-electron chi connectivity index (χ4n) is 2.88. The van der Waals surface area contributed by atoms with Crippen molar-refractivity contribution in [3.05, 3.63) is 53.3 Å². The molecule has 1 heterocycles. The molecule has 21 heavy (non-hydrogen) atoms. The van der Waals surface area contributed by atoms with Gasteiger partial charge in [-0.15, -0.1) is 0 Å². The Balaban J connectivity index is 2.25. The van der Waals surface area contributed by atoms with Gasteiger partial charge in [0.05, 0.1) is 12.2 Å². The first-order valence-electron chi connectivity index (χ1n) is 7.51. The van der Waals surface area contributed by atoms with Crippen LogP contribution in [0.4, 0.5) is 0 Å². The zero-order valence-electron chi connectivity index (χ0n) is 13.5. The van der Waals surface area contributed by atoms with Crippen molar-refractivity contribution in [3.63, 3.8) is 0 Å². The van der Waals surface area contributed by atoms with Gasteiger partial charge >= 0.3 is 0 Å². The lowest BCUT2D eigenvalue weighted by Crippen LogP contribution is -2.38. The molecule has 1 aromatic heterocycles. The van der Waals surface area contributed by atoms with Gasteiger partial charge in [-0.2, -0.15) is 5.10 Å². The molecule has 2 atom stereocenters. The molecule has 0 saturated heterocycles. The average Bonchev–Trinajstić information content (AvgIpc) is 2.86. The van der Waals surface area contributed by atoms with Crippen molar-refractivity contribution in [1.29, 1.82) is 0 Å². The summed E-state index contributed by atoms with van der Waals surface area (Å²) in [6, 6.07) is 8.85. The Morgan fingerprint density at radius 2 is 2.05 bits per heavy atom. The van der Waals surface area contributed by atoms with Crippen LogP contribution >= 0.6 is 0 Å². The number of nitrogens with zero attached hydrogens (tertiary/aromatic N) is 3. The normalized spacial score (nSPS) is 14.4. The van der Waals surface area contributed by atoms with E-state index in [1.165, 1.54) is 16.7 Å². The highest BCUT2D eigenvalue weighted by Crippen LogP contribution is 2.27. The quantitative estimate of drug-likeness (QED) is 0.888. The molecule has 114 valence electrons. The summed E-state index contributed by atoms with van der Waals surface area (Å²) in [7, 11) is 4.08. The van der Waals surface area contributed by atoms with Crippen LogP contribution in [0, 0.1) is 6.92 Å². The van der Waals surface area contributed by atoms with Gasteiger partial charge in [-0.1, -0.05) is 31.2 Å². The van der Waals surface area contributed by atoms with E-state index in [1.54, 1.807) is 0 Å². The lowest BCUT2D eigenvalue weighted by Gasteiger charge is -2.33. The van der Waals surface area contributed by atoms with Crippen molar-refractivity contribution in [1.82, 2.24) is 14.7 Å². The van der Waals surface area contributed by atoms with Gasteiger partial charge in [-0.3, -0.25) is 9.58 Å². The first-order chi connectivity index (χ1) is 10.0. The zero-order valence-corrected chi connectivity index (χ0v) is 13.5. The number of benzene rings is 1. The minimum Gasteiger partial charge on any atom is -0.326 e. The molecule has 2 rings (SSSR count). The molecule has 4 nitrogen and oxygen atoms in total. The van der Waals surface area contributed by atoms with E-state index in [4.69, 9.17) is 5.73 Å². The van der Waals surface area contributed by atoms with Gasteiger partial charge < -0.3 is 5.73 Å². The lowest BCUT2D eigenvalue weighted by atomic mass is 9.93. The second kappa shape index (κ2) is 6.87. The van der Waals surface area contributed by atoms with Gasteiger partial charge in [0.2, 0.25) is 0 Å². The molecule has 1 aromatic carbocycles. The maximum atomic E-state index is 6.42. The number of hydrogen-bond donors (Lipinski definition) is 1. The average molecular weight is 286 g/mol. The van der Waals surface area contributed by atoms with Crippen LogP contribution in [0.2, 0.25) is 0 Å². The minimum absolute atomic E-state index is 0.118. The molecule has 0 spiro atoms. The third kappa shape index (κ3) is 3.71. The van der Waals surface area contributed by atoms with Crippen LogP contribution in [0.1, 0.15) is 36.1 Å². The van der Waals surface area contributed by atoms with Crippen LogP contribution in [-0.2, 0) is 13.6 Å². The number of hydrogen-bond acceptors (Lipinski definition) is 3. The number of rotatable bonds is 6. The van der Waals surface area contributed by atoms with E-state index < -0.39 is 0 Å². The summed E-state index contributed by atoms with van der Waals surface area (Å²) >= 11 is 0. The van der Waals surface area contributed by atoms with Gasteiger partial charge in [-0.25, -0.2) is 0 Å². The second-order valence-electron chi connectivity index (χ2n) is 5.81. The molecule has 0 bridgehead atoms. The predicted octanol–water partition coefficient (Wildman–Crippen LogP) is 2.64. The standard InChI is InChI=1S/C17H26N4/c1-5-16(18)17(15-9-7-6-8-13(15)2)20(3)11-14-10-19-21(4)12-14/h6-10,12,16-17H,5,11,18H2,1-4H3. The largest absolute Gasteiger partial charge is 0.326 e. The fourth-order valence-corrected chi connectivity index (χ4v) is 2.88. The van der Waals surface area contributed by atoms with Crippen LogP contribution in [-0.4, -0.2) is 27.8 Å². The summed E-state index contributed by atoms with van der Waals surface area (Å²) < 4.78 is 1.84. The molecule has 0 saturated carbocycles. The minimum atomic E-state index is 0.118. The van der Waals surface area contributed by atoms with E-state index in [0.717, 1.165) is 13.0 Å². The Morgan fingerprint density at radius 3 is 2.62 bits per heavy atom. The molecule has 0 radical (unpaired) electrons. The van der Waals surface area contributed by atoms with Crippen LogP contribution in [0.3, 0.4) is 0 Å². The third-order valence-corrected chi connectivity index (χ3v) is 4.05. The van der Waals surface area contributed by atoms with Gasteiger partial charge in [0.15, 0.2) is 0 Å². The molecule has 0 fully saturated rings. The van der Waals surface area contributed by atoms with Crippen molar-refractivity contribution in [3.8, 4) is 0 Å². The van der Waals surface area contributed by atoms with E-state index in [2.05, 4.69) is 61.4 Å². The first kappa shape index (κ1) is 15.7. The smallest absolute Gasteiger partial charge is 0.0534 e. The van der Waals surface area contributed by atoms with Gasteiger partial charge in [0, 0.05) is 31.4 Å². The van der Waals surface area contributed by atoms with E-state index >= 15 is 0 Å². The Morgan fingerprint density at radius 1 is 1.33 bits per heavy atom. The summed E-state index contributed by atoms with van der Waals surface area (Å²) in [6.07, 6.45) is 4.93. The van der Waals surface area contributed by atoms with E-state index in [1.807, 2.05) is 17.9 Å². The molecule has 0 aliphatic heterocycles. The predicted molar refractivity (Wildman–Crippen MR) is 86.9 cm³/mol. The highest BCUT2D eigenvalue weighted by atomic mass is 15.2. The molecule has 4 heteroatoms. The van der Waals surface area contributed by atoms with Gasteiger partial charge in [0.25, 0.3) is 0 Å². The molecule has 2 unspecified atom stereocenters. The van der Waals surface area contributed by atoms with Gasteiger partial charge in [-0.05, 0) is 31.5 Å².